The van der Waals surface area contributed by atoms with Crippen LogP contribution in [0.5, 0.6) is 0 Å². The van der Waals surface area contributed by atoms with Gasteiger partial charge in [0, 0.05) is 31.7 Å². The lowest BCUT2D eigenvalue weighted by atomic mass is 10.2. The highest BCUT2D eigenvalue weighted by atomic mass is 79.9. The SMILES string of the molecule is CN(c1ccc(S(=O)(=O)N(C)C)cc1Br)C1CCCC1. The molecule has 6 heteroatoms. The van der Waals surface area contributed by atoms with E-state index in [1.807, 2.05) is 6.07 Å². The molecule has 2 rings (SSSR count). The molecule has 0 heterocycles. The molecule has 1 saturated carbocycles. The number of nitrogens with zero attached hydrogens (tertiary/aromatic N) is 2. The molecule has 0 unspecified atom stereocenters. The van der Waals surface area contributed by atoms with Crippen molar-refractivity contribution < 1.29 is 8.42 Å². The van der Waals surface area contributed by atoms with Crippen molar-refractivity contribution in [2.45, 2.75) is 36.6 Å². The third-order valence-electron chi connectivity index (χ3n) is 3.95. The number of anilines is 1. The third kappa shape index (κ3) is 3.02. The molecule has 1 fully saturated rings. The van der Waals surface area contributed by atoms with Crippen LogP contribution in [0, 0.1) is 0 Å². The molecule has 1 aromatic rings. The maximum absolute atomic E-state index is 12.1. The minimum Gasteiger partial charge on any atom is -0.371 e. The number of hydrogen-bond donors (Lipinski definition) is 0. The molecule has 20 heavy (non-hydrogen) atoms. The van der Waals surface area contributed by atoms with Gasteiger partial charge in [0.05, 0.1) is 10.6 Å². The van der Waals surface area contributed by atoms with Crippen LogP contribution in [0.2, 0.25) is 0 Å². The molecule has 0 amide bonds. The van der Waals surface area contributed by atoms with E-state index in [1.54, 1.807) is 26.2 Å². The van der Waals surface area contributed by atoms with Crippen LogP contribution in [0.15, 0.2) is 27.6 Å². The van der Waals surface area contributed by atoms with Gasteiger partial charge >= 0.3 is 0 Å². The highest BCUT2D eigenvalue weighted by molar-refractivity contribution is 9.10. The van der Waals surface area contributed by atoms with Gasteiger partial charge in [-0.2, -0.15) is 0 Å². The zero-order chi connectivity index (χ0) is 14.9. The average Bonchev–Trinajstić information content (AvgIpc) is 2.91. The van der Waals surface area contributed by atoms with Crippen LogP contribution in [0.1, 0.15) is 25.7 Å². The van der Waals surface area contributed by atoms with E-state index < -0.39 is 10.0 Å². The molecular weight excluding hydrogens is 340 g/mol. The number of hydrogen-bond acceptors (Lipinski definition) is 3. The molecule has 1 aromatic carbocycles. The van der Waals surface area contributed by atoms with E-state index in [9.17, 15) is 8.42 Å². The molecule has 0 spiro atoms. The molecule has 4 nitrogen and oxygen atoms in total. The first-order valence-corrected chi connectivity index (χ1v) is 9.02. The largest absolute Gasteiger partial charge is 0.371 e. The van der Waals surface area contributed by atoms with Crippen LogP contribution in [0.25, 0.3) is 0 Å². The van der Waals surface area contributed by atoms with Gasteiger partial charge in [0.15, 0.2) is 0 Å². The molecule has 0 saturated heterocycles. The zero-order valence-corrected chi connectivity index (χ0v) is 14.5. The van der Waals surface area contributed by atoms with Crippen LogP contribution < -0.4 is 4.90 Å². The topological polar surface area (TPSA) is 40.6 Å². The summed E-state index contributed by atoms with van der Waals surface area (Å²) in [7, 11) is 1.79. The molecule has 0 radical (unpaired) electrons. The summed E-state index contributed by atoms with van der Waals surface area (Å²) in [6.07, 6.45) is 4.97. The smallest absolute Gasteiger partial charge is 0.242 e. The van der Waals surface area contributed by atoms with E-state index in [0.717, 1.165) is 10.2 Å². The highest BCUT2D eigenvalue weighted by Crippen LogP contribution is 2.33. The second-order valence-corrected chi connectivity index (χ2v) is 8.46. The van der Waals surface area contributed by atoms with Crippen LogP contribution in [-0.2, 0) is 10.0 Å². The van der Waals surface area contributed by atoms with Crippen LogP contribution in [0.3, 0.4) is 0 Å². The summed E-state index contributed by atoms with van der Waals surface area (Å²) in [4.78, 5) is 2.57. The second-order valence-electron chi connectivity index (χ2n) is 5.45. The predicted octanol–water partition coefficient (Wildman–Crippen LogP) is 3.08. The first-order valence-electron chi connectivity index (χ1n) is 6.79. The summed E-state index contributed by atoms with van der Waals surface area (Å²) >= 11 is 3.51. The first-order chi connectivity index (χ1) is 9.34. The standard InChI is InChI=1S/C14H21BrN2O2S/c1-16(2)20(18,19)12-8-9-14(13(15)10-12)17(3)11-6-4-5-7-11/h8-11H,4-7H2,1-3H3. The van der Waals surface area contributed by atoms with Crippen molar-refractivity contribution in [2.24, 2.45) is 0 Å². The monoisotopic (exact) mass is 360 g/mol. The molecule has 112 valence electrons. The van der Waals surface area contributed by atoms with Crippen molar-refractivity contribution in [2.75, 3.05) is 26.0 Å². The summed E-state index contributed by atoms with van der Waals surface area (Å²) < 4.78 is 26.3. The van der Waals surface area contributed by atoms with Gasteiger partial charge in [-0.3, -0.25) is 0 Å². The van der Waals surface area contributed by atoms with Gasteiger partial charge in [-0.1, -0.05) is 12.8 Å². The van der Waals surface area contributed by atoms with E-state index in [0.29, 0.717) is 10.9 Å². The maximum Gasteiger partial charge on any atom is 0.242 e. The quantitative estimate of drug-likeness (QED) is 0.828. The van der Waals surface area contributed by atoms with Gasteiger partial charge in [0.2, 0.25) is 10.0 Å². The number of rotatable bonds is 4. The first kappa shape index (κ1) is 15.8. The minimum atomic E-state index is -3.38. The van der Waals surface area contributed by atoms with Crippen molar-refractivity contribution in [3.8, 4) is 0 Å². The Morgan fingerprint density at radius 2 is 1.75 bits per heavy atom. The van der Waals surface area contributed by atoms with Crippen molar-refractivity contribution >= 4 is 31.6 Å². The average molecular weight is 361 g/mol. The van der Waals surface area contributed by atoms with Crippen molar-refractivity contribution in [1.82, 2.24) is 4.31 Å². The Balaban J connectivity index is 2.30. The Labute approximate surface area is 129 Å². The van der Waals surface area contributed by atoms with Crippen LogP contribution in [0.4, 0.5) is 5.69 Å². The highest BCUT2D eigenvalue weighted by Gasteiger charge is 2.23. The lowest BCUT2D eigenvalue weighted by molar-refractivity contribution is 0.520. The van der Waals surface area contributed by atoms with Crippen LogP contribution >= 0.6 is 15.9 Å². The molecule has 0 N–H and O–H groups in total. The fourth-order valence-corrected chi connectivity index (χ4v) is 4.37. The Morgan fingerprint density at radius 1 is 1.15 bits per heavy atom. The molecule has 0 aliphatic heterocycles. The van der Waals surface area contributed by atoms with Crippen molar-refractivity contribution in [1.29, 1.82) is 0 Å². The van der Waals surface area contributed by atoms with Crippen molar-refractivity contribution in [3.63, 3.8) is 0 Å². The number of halogens is 1. The van der Waals surface area contributed by atoms with Gasteiger partial charge in [-0.15, -0.1) is 0 Å². The zero-order valence-electron chi connectivity index (χ0n) is 12.1. The molecule has 1 aliphatic carbocycles. The lowest BCUT2D eigenvalue weighted by Crippen LogP contribution is -2.29. The normalized spacial score (nSPS) is 16.9. The van der Waals surface area contributed by atoms with Crippen LogP contribution in [-0.4, -0.2) is 39.9 Å². The number of benzene rings is 1. The number of sulfonamides is 1. The lowest BCUT2D eigenvalue weighted by Gasteiger charge is -2.28. The predicted molar refractivity (Wildman–Crippen MR) is 85.7 cm³/mol. The Hall–Kier alpha value is -0.590. The fraction of sp³-hybridized carbons (Fsp3) is 0.571. The Kier molecular flexibility index (Phi) is 4.76. The Bertz CT molecular complexity index is 581. The van der Waals surface area contributed by atoms with E-state index in [2.05, 4.69) is 27.9 Å². The molecule has 0 atom stereocenters. The van der Waals surface area contributed by atoms with E-state index >= 15 is 0 Å². The summed E-state index contributed by atoms with van der Waals surface area (Å²) in [5.74, 6) is 0. The summed E-state index contributed by atoms with van der Waals surface area (Å²) in [6.45, 7) is 0. The third-order valence-corrected chi connectivity index (χ3v) is 6.40. The molecular formula is C14H21BrN2O2S. The maximum atomic E-state index is 12.1. The van der Waals surface area contributed by atoms with E-state index in [1.165, 1.54) is 30.0 Å². The van der Waals surface area contributed by atoms with Gasteiger partial charge in [-0.05, 0) is 47.0 Å². The summed E-state index contributed by atoms with van der Waals surface area (Å²) in [6, 6.07) is 5.82. The van der Waals surface area contributed by atoms with E-state index in [4.69, 9.17) is 0 Å². The second kappa shape index (κ2) is 6.03. The summed E-state index contributed by atoms with van der Waals surface area (Å²) in [5, 5.41) is 0. The van der Waals surface area contributed by atoms with Gasteiger partial charge in [0.25, 0.3) is 0 Å². The van der Waals surface area contributed by atoms with Crippen molar-refractivity contribution in [3.05, 3.63) is 22.7 Å². The van der Waals surface area contributed by atoms with E-state index in [-0.39, 0.29) is 0 Å². The van der Waals surface area contributed by atoms with Gasteiger partial charge in [0.1, 0.15) is 0 Å². The fourth-order valence-electron chi connectivity index (χ4n) is 2.63. The molecule has 0 bridgehead atoms. The molecule has 1 aliphatic rings. The molecule has 0 aromatic heterocycles. The van der Waals surface area contributed by atoms with Gasteiger partial charge < -0.3 is 4.90 Å². The summed E-state index contributed by atoms with van der Waals surface area (Å²) in [5.41, 5.74) is 1.05. The minimum absolute atomic E-state index is 0.318. The Morgan fingerprint density at radius 3 is 2.25 bits per heavy atom. The van der Waals surface area contributed by atoms with Gasteiger partial charge in [-0.25, -0.2) is 12.7 Å².